The van der Waals surface area contributed by atoms with Crippen molar-refractivity contribution in [3.8, 4) is 5.75 Å². The van der Waals surface area contributed by atoms with Crippen LogP contribution >= 0.6 is 11.8 Å². The lowest BCUT2D eigenvalue weighted by Crippen LogP contribution is -2.50. The van der Waals surface area contributed by atoms with E-state index in [2.05, 4.69) is 26.1 Å². The standard InChI is InChI=1S/C27H46FN3O3S.C2H6/c1-20(2)26(33)25(29-27(4,5)6)18-22-11-13-24(14-12-22)34-17-16-31(21(3)32)15-9-8-10-23(30-28)19-35-7;1-2/h11-14,20,23,25,29-30H,8-10,15-19H2,1-7H3;1-2H3. The van der Waals surface area contributed by atoms with Crippen molar-refractivity contribution >= 4 is 23.5 Å². The highest BCUT2D eigenvalue weighted by molar-refractivity contribution is 7.98. The van der Waals surface area contributed by atoms with Crippen LogP contribution in [-0.2, 0) is 16.0 Å². The molecule has 2 atom stereocenters. The zero-order valence-electron chi connectivity index (χ0n) is 24.7. The van der Waals surface area contributed by atoms with Crippen LogP contribution in [0, 0.1) is 5.92 Å². The highest BCUT2D eigenvalue weighted by atomic mass is 32.2. The average molecular weight is 542 g/mol. The molecule has 0 aliphatic heterocycles. The van der Waals surface area contributed by atoms with E-state index < -0.39 is 0 Å². The molecule has 0 heterocycles. The van der Waals surface area contributed by atoms with Gasteiger partial charge >= 0.3 is 0 Å². The first-order chi connectivity index (χ1) is 17.5. The lowest BCUT2D eigenvalue weighted by Gasteiger charge is -2.29. The van der Waals surface area contributed by atoms with Gasteiger partial charge < -0.3 is 15.0 Å². The summed E-state index contributed by atoms with van der Waals surface area (Å²) in [7, 11) is 0. The monoisotopic (exact) mass is 541 g/mol. The van der Waals surface area contributed by atoms with Crippen molar-refractivity contribution in [1.82, 2.24) is 15.8 Å². The van der Waals surface area contributed by atoms with E-state index in [1.54, 1.807) is 23.6 Å². The molecule has 1 amide bonds. The van der Waals surface area contributed by atoms with Crippen LogP contribution < -0.4 is 15.6 Å². The highest BCUT2D eigenvalue weighted by Gasteiger charge is 2.25. The van der Waals surface area contributed by atoms with Crippen molar-refractivity contribution in [3.63, 3.8) is 0 Å². The Balaban J connectivity index is 0.00000631. The maximum Gasteiger partial charge on any atom is 0.219 e. The molecule has 0 aliphatic rings. The number of ketones is 1. The third-order valence-corrected chi connectivity index (χ3v) is 6.45. The second-order valence-electron chi connectivity index (χ2n) is 10.5. The molecule has 2 unspecified atom stereocenters. The molecule has 2 N–H and O–H groups in total. The molecule has 6 nitrogen and oxygen atoms in total. The summed E-state index contributed by atoms with van der Waals surface area (Å²) in [6.45, 7) is 17.2. The van der Waals surface area contributed by atoms with E-state index in [0.29, 0.717) is 26.1 Å². The Kier molecular flexibility index (Phi) is 18.6. The molecular weight excluding hydrogens is 489 g/mol. The summed E-state index contributed by atoms with van der Waals surface area (Å²) < 4.78 is 18.6. The summed E-state index contributed by atoms with van der Waals surface area (Å²) in [5, 5.41) is 3.45. The number of Topliss-reactive ketones (excluding diaryl/α,β-unsaturated/α-hetero) is 1. The maximum absolute atomic E-state index is 12.7. The molecule has 0 bridgehead atoms. The van der Waals surface area contributed by atoms with E-state index in [4.69, 9.17) is 4.74 Å². The number of amides is 1. The molecule has 37 heavy (non-hydrogen) atoms. The summed E-state index contributed by atoms with van der Waals surface area (Å²) in [4.78, 5) is 26.4. The van der Waals surface area contributed by atoms with Crippen molar-refractivity contribution in [1.29, 1.82) is 0 Å². The smallest absolute Gasteiger partial charge is 0.219 e. The largest absolute Gasteiger partial charge is 0.492 e. The maximum atomic E-state index is 12.7. The summed E-state index contributed by atoms with van der Waals surface area (Å²) in [6.07, 6.45) is 5.03. The number of carbonyl (C=O) groups excluding carboxylic acids is 2. The number of carbonyl (C=O) groups is 2. The van der Waals surface area contributed by atoms with Crippen LogP contribution in [0.5, 0.6) is 5.75 Å². The van der Waals surface area contributed by atoms with Gasteiger partial charge in [0.1, 0.15) is 12.4 Å². The molecule has 1 aromatic carbocycles. The first-order valence-electron chi connectivity index (χ1n) is 13.6. The Morgan fingerprint density at radius 3 is 2.19 bits per heavy atom. The fourth-order valence-corrected chi connectivity index (χ4v) is 4.50. The Hall–Kier alpha value is -1.64. The average Bonchev–Trinajstić information content (AvgIpc) is 2.85. The fourth-order valence-electron chi connectivity index (χ4n) is 3.87. The molecule has 0 saturated carbocycles. The molecule has 0 aromatic heterocycles. The van der Waals surface area contributed by atoms with E-state index in [0.717, 1.165) is 36.3 Å². The van der Waals surface area contributed by atoms with Gasteiger partial charge in [0, 0.05) is 36.7 Å². The molecule has 0 radical (unpaired) electrons. The van der Waals surface area contributed by atoms with Crippen LogP contribution in [0.2, 0.25) is 0 Å². The molecule has 214 valence electrons. The van der Waals surface area contributed by atoms with E-state index in [-0.39, 0.29) is 35.2 Å². The van der Waals surface area contributed by atoms with Crippen molar-refractivity contribution < 1.29 is 18.8 Å². The number of ether oxygens (including phenoxy) is 1. The minimum Gasteiger partial charge on any atom is -0.492 e. The summed E-state index contributed by atoms with van der Waals surface area (Å²) in [5.41, 5.74) is 2.78. The van der Waals surface area contributed by atoms with Gasteiger partial charge in [-0.25, -0.2) is 0 Å². The predicted molar refractivity (Wildman–Crippen MR) is 156 cm³/mol. The molecule has 1 rings (SSSR count). The van der Waals surface area contributed by atoms with E-state index in [1.807, 2.05) is 63.8 Å². The van der Waals surface area contributed by atoms with Crippen LogP contribution in [-0.4, -0.2) is 65.9 Å². The minimum atomic E-state index is -0.234. The number of unbranched alkanes of at least 4 members (excludes halogenated alkanes) is 1. The Bertz CT molecular complexity index is 754. The molecule has 0 fully saturated rings. The molecule has 0 saturated heterocycles. The summed E-state index contributed by atoms with van der Waals surface area (Å²) in [5.74, 6) is 1.67. The second-order valence-corrected chi connectivity index (χ2v) is 11.4. The highest BCUT2D eigenvalue weighted by Crippen LogP contribution is 2.17. The van der Waals surface area contributed by atoms with Gasteiger partial charge in [-0.1, -0.05) is 46.2 Å². The number of halogens is 1. The third kappa shape index (κ3) is 16.0. The lowest BCUT2D eigenvalue weighted by atomic mass is 9.93. The Morgan fingerprint density at radius 1 is 1.08 bits per heavy atom. The van der Waals surface area contributed by atoms with Crippen molar-refractivity contribution in [2.24, 2.45) is 5.92 Å². The van der Waals surface area contributed by atoms with Crippen LogP contribution in [0.15, 0.2) is 24.3 Å². The number of thioether (sulfide) groups is 1. The van der Waals surface area contributed by atoms with E-state index >= 15 is 0 Å². The number of benzene rings is 1. The molecule has 1 aromatic rings. The van der Waals surface area contributed by atoms with E-state index in [1.165, 1.54) is 0 Å². The molecule has 0 aliphatic carbocycles. The topological polar surface area (TPSA) is 70.7 Å². The van der Waals surface area contributed by atoms with E-state index in [9.17, 15) is 14.1 Å². The van der Waals surface area contributed by atoms with Crippen LogP contribution in [0.4, 0.5) is 4.48 Å². The summed E-state index contributed by atoms with van der Waals surface area (Å²) >= 11 is 1.62. The van der Waals surface area contributed by atoms with Gasteiger partial charge in [0.2, 0.25) is 5.91 Å². The number of hydrogen-bond acceptors (Lipinski definition) is 6. The Morgan fingerprint density at radius 2 is 1.70 bits per heavy atom. The number of hydrogen-bond donors (Lipinski definition) is 2. The van der Waals surface area contributed by atoms with Crippen molar-refractivity contribution in [2.75, 3.05) is 31.7 Å². The van der Waals surface area contributed by atoms with Gasteiger partial charge in [-0.05, 0) is 64.0 Å². The predicted octanol–water partition coefficient (Wildman–Crippen LogP) is 5.84. The number of rotatable bonds is 17. The Labute approximate surface area is 229 Å². The normalized spacial score (nSPS) is 12.9. The summed E-state index contributed by atoms with van der Waals surface area (Å²) in [6, 6.07) is 7.45. The number of nitrogens with one attached hydrogen (secondary N) is 2. The third-order valence-electron chi connectivity index (χ3n) is 5.71. The van der Waals surface area contributed by atoms with Gasteiger partial charge in [0.15, 0.2) is 5.78 Å². The van der Waals surface area contributed by atoms with Gasteiger partial charge in [0.25, 0.3) is 0 Å². The SMILES string of the molecule is CC.CSCC(CCCCN(CCOc1ccc(CC(NC(C)(C)C)C(=O)C(C)C)cc1)C(C)=O)NF. The molecule has 8 heteroatoms. The number of nitrogens with zero attached hydrogens (tertiary/aromatic N) is 1. The van der Waals surface area contributed by atoms with Gasteiger partial charge in [-0.2, -0.15) is 17.3 Å². The zero-order valence-corrected chi connectivity index (χ0v) is 25.5. The molecule has 0 spiro atoms. The van der Waals surface area contributed by atoms with Crippen LogP contribution in [0.1, 0.15) is 80.2 Å². The van der Waals surface area contributed by atoms with Gasteiger partial charge in [0.05, 0.1) is 12.6 Å². The fraction of sp³-hybridized carbons (Fsp3) is 0.724. The van der Waals surface area contributed by atoms with Crippen molar-refractivity contribution in [2.45, 2.75) is 98.7 Å². The zero-order chi connectivity index (χ0) is 28.4. The quantitative estimate of drug-likeness (QED) is 0.191. The first-order valence-corrected chi connectivity index (χ1v) is 15.0. The van der Waals surface area contributed by atoms with Crippen LogP contribution in [0.25, 0.3) is 0 Å². The second kappa shape index (κ2) is 19.4. The molecular formula is C29H52FN3O3S. The van der Waals surface area contributed by atoms with Gasteiger partial charge in [-0.15, -0.1) is 4.48 Å². The first kappa shape index (κ1) is 35.4. The van der Waals surface area contributed by atoms with Crippen LogP contribution in [0.3, 0.4) is 0 Å². The lowest BCUT2D eigenvalue weighted by molar-refractivity contribution is -0.129. The van der Waals surface area contributed by atoms with Crippen molar-refractivity contribution in [3.05, 3.63) is 29.8 Å². The minimum absolute atomic E-state index is 0.0143. The van der Waals surface area contributed by atoms with Gasteiger partial charge in [-0.3, -0.25) is 9.59 Å².